The Hall–Kier alpha value is -4.46. The summed E-state index contributed by atoms with van der Waals surface area (Å²) < 4.78 is 13.2. The molecule has 0 saturated carbocycles. The fourth-order valence-corrected chi connectivity index (χ4v) is 2.96. The maximum Gasteiger partial charge on any atom is 0.311 e. The lowest BCUT2D eigenvalue weighted by molar-refractivity contribution is -0.384. The van der Waals surface area contributed by atoms with E-state index in [2.05, 4.69) is 15.3 Å². The lowest BCUT2D eigenvalue weighted by Crippen LogP contribution is -2.15. The summed E-state index contributed by atoms with van der Waals surface area (Å²) in [5, 5.41) is 13.9. The van der Waals surface area contributed by atoms with Crippen LogP contribution >= 0.6 is 0 Å². The van der Waals surface area contributed by atoms with Gasteiger partial charge in [-0.25, -0.2) is 9.37 Å². The highest BCUT2D eigenvalue weighted by Gasteiger charge is 2.20. The van der Waals surface area contributed by atoms with Gasteiger partial charge in [-0.3, -0.25) is 19.9 Å². The number of rotatable bonds is 5. The zero-order valence-corrected chi connectivity index (χ0v) is 16.0. The summed E-state index contributed by atoms with van der Waals surface area (Å²) in [6, 6.07) is 21.0. The second-order valence-corrected chi connectivity index (χ2v) is 6.58. The molecule has 8 heteroatoms. The highest BCUT2D eigenvalue weighted by Crippen LogP contribution is 2.27. The van der Waals surface area contributed by atoms with Crippen molar-refractivity contribution in [2.24, 2.45) is 0 Å². The quantitative estimate of drug-likeness (QED) is 0.361. The van der Waals surface area contributed by atoms with Gasteiger partial charge in [-0.1, -0.05) is 30.3 Å². The maximum atomic E-state index is 13.2. The summed E-state index contributed by atoms with van der Waals surface area (Å²) in [5.41, 5.74) is 2.38. The van der Waals surface area contributed by atoms with Crippen molar-refractivity contribution in [3.63, 3.8) is 0 Å². The first kappa shape index (κ1) is 19.8. The van der Waals surface area contributed by atoms with Crippen LogP contribution < -0.4 is 5.32 Å². The topological polar surface area (TPSA) is 98.0 Å². The van der Waals surface area contributed by atoms with E-state index in [1.807, 2.05) is 30.3 Å². The van der Waals surface area contributed by atoms with Crippen molar-refractivity contribution < 1.29 is 14.1 Å². The Morgan fingerprint density at radius 3 is 2.19 bits per heavy atom. The minimum atomic E-state index is -0.631. The maximum absolute atomic E-state index is 13.2. The molecule has 0 saturated heterocycles. The molecule has 0 radical (unpaired) electrons. The fraction of sp³-hybridized carbons (Fsp3) is 0. The van der Waals surface area contributed by atoms with Gasteiger partial charge in [0.1, 0.15) is 5.82 Å². The fourth-order valence-electron chi connectivity index (χ4n) is 2.96. The van der Waals surface area contributed by atoms with E-state index in [0.29, 0.717) is 17.0 Å². The number of carbonyl (C=O) groups excluding carboxylic acids is 1. The largest absolute Gasteiger partial charge is 0.311 e. The van der Waals surface area contributed by atoms with Gasteiger partial charge in [0.15, 0.2) is 0 Å². The first-order valence-electron chi connectivity index (χ1n) is 9.25. The molecular weight excluding hydrogens is 399 g/mol. The third-order valence-corrected chi connectivity index (χ3v) is 4.54. The monoisotopic (exact) mass is 414 g/mol. The van der Waals surface area contributed by atoms with E-state index in [0.717, 1.165) is 5.56 Å². The highest BCUT2D eigenvalue weighted by molar-refractivity contribution is 6.04. The molecule has 4 aromatic rings. The molecule has 1 N–H and O–H groups in total. The number of amides is 1. The number of pyridine rings is 2. The van der Waals surface area contributed by atoms with E-state index in [9.17, 15) is 19.3 Å². The van der Waals surface area contributed by atoms with E-state index in [1.165, 1.54) is 42.6 Å². The smallest absolute Gasteiger partial charge is 0.301 e. The molecule has 0 atom stereocenters. The van der Waals surface area contributed by atoms with Crippen LogP contribution in [0.15, 0.2) is 85.1 Å². The van der Waals surface area contributed by atoms with Gasteiger partial charge in [-0.15, -0.1) is 0 Å². The molecule has 2 aromatic carbocycles. The minimum Gasteiger partial charge on any atom is -0.301 e. The molecule has 0 spiro atoms. The van der Waals surface area contributed by atoms with Gasteiger partial charge in [0, 0.05) is 23.4 Å². The van der Waals surface area contributed by atoms with Crippen LogP contribution in [0.1, 0.15) is 10.4 Å². The Labute approximate surface area is 176 Å². The Kier molecular flexibility index (Phi) is 5.44. The molecule has 1 amide bonds. The van der Waals surface area contributed by atoms with Crippen LogP contribution in [0.25, 0.3) is 22.5 Å². The molecule has 2 heterocycles. The summed E-state index contributed by atoms with van der Waals surface area (Å²) in [5.74, 6) is -1.20. The van der Waals surface area contributed by atoms with Crippen LogP contribution in [-0.2, 0) is 0 Å². The number of aromatic nitrogens is 2. The van der Waals surface area contributed by atoms with Gasteiger partial charge in [0.2, 0.25) is 5.82 Å². The van der Waals surface area contributed by atoms with Crippen molar-refractivity contribution in [2.45, 2.75) is 0 Å². The Morgan fingerprint density at radius 1 is 0.871 bits per heavy atom. The molecule has 0 unspecified atom stereocenters. The third-order valence-electron chi connectivity index (χ3n) is 4.54. The van der Waals surface area contributed by atoms with E-state index >= 15 is 0 Å². The van der Waals surface area contributed by atoms with Crippen LogP contribution in [0.4, 0.5) is 15.9 Å². The number of nitrogens with zero attached hydrogens (tertiary/aromatic N) is 3. The summed E-state index contributed by atoms with van der Waals surface area (Å²) >= 11 is 0. The van der Waals surface area contributed by atoms with Crippen molar-refractivity contribution in [1.82, 2.24) is 9.97 Å². The Bertz CT molecular complexity index is 1240. The average Bonchev–Trinajstić information content (AvgIpc) is 2.80. The molecule has 0 aliphatic heterocycles. The van der Waals surface area contributed by atoms with Gasteiger partial charge in [-0.2, -0.15) is 0 Å². The highest BCUT2D eigenvalue weighted by atomic mass is 19.1. The van der Waals surface area contributed by atoms with Crippen molar-refractivity contribution in [3.8, 4) is 22.5 Å². The number of anilines is 1. The predicted octanol–water partition coefficient (Wildman–Crippen LogP) is 5.11. The van der Waals surface area contributed by atoms with Crippen LogP contribution in [0.5, 0.6) is 0 Å². The van der Waals surface area contributed by atoms with Crippen LogP contribution in [-0.4, -0.2) is 20.8 Å². The number of hydrogen-bond donors (Lipinski definition) is 1. The van der Waals surface area contributed by atoms with Crippen molar-refractivity contribution in [3.05, 3.63) is 107 Å². The first-order valence-corrected chi connectivity index (χ1v) is 9.25. The van der Waals surface area contributed by atoms with Crippen LogP contribution in [0.3, 0.4) is 0 Å². The number of hydrogen-bond acceptors (Lipinski definition) is 5. The molecule has 152 valence electrons. The second-order valence-electron chi connectivity index (χ2n) is 6.58. The van der Waals surface area contributed by atoms with Gasteiger partial charge >= 0.3 is 5.69 Å². The Balaban J connectivity index is 1.61. The number of benzene rings is 2. The Morgan fingerprint density at radius 2 is 1.55 bits per heavy atom. The zero-order chi connectivity index (χ0) is 21.8. The number of nitrogens with one attached hydrogen (secondary N) is 1. The molecular formula is C23H15FN4O3. The third kappa shape index (κ3) is 4.43. The second kappa shape index (κ2) is 8.50. The van der Waals surface area contributed by atoms with E-state index in [-0.39, 0.29) is 17.1 Å². The molecule has 0 aliphatic rings. The zero-order valence-electron chi connectivity index (χ0n) is 16.0. The number of nitro groups is 1. The van der Waals surface area contributed by atoms with Gasteiger partial charge < -0.3 is 5.32 Å². The van der Waals surface area contributed by atoms with Gasteiger partial charge in [-0.05, 0) is 42.5 Å². The lowest BCUT2D eigenvalue weighted by atomic mass is 10.1. The molecule has 0 fully saturated rings. The molecule has 31 heavy (non-hydrogen) atoms. The van der Waals surface area contributed by atoms with E-state index in [1.54, 1.807) is 12.1 Å². The predicted molar refractivity (Wildman–Crippen MR) is 114 cm³/mol. The summed E-state index contributed by atoms with van der Waals surface area (Å²) in [6.07, 6.45) is 1.40. The van der Waals surface area contributed by atoms with Crippen LogP contribution in [0, 0.1) is 15.9 Å². The number of halogens is 1. The van der Waals surface area contributed by atoms with Crippen molar-refractivity contribution in [2.75, 3.05) is 5.32 Å². The SMILES string of the molecule is O=C(Nc1nc(-c2ccc(F)cc2)ccc1[N+](=O)[O-])c1ccc(-c2ccccc2)nc1. The first-order chi connectivity index (χ1) is 15.0. The van der Waals surface area contributed by atoms with Crippen molar-refractivity contribution in [1.29, 1.82) is 0 Å². The van der Waals surface area contributed by atoms with Gasteiger partial charge in [0.25, 0.3) is 5.91 Å². The van der Waals surface area contributed by atoms with Crippen molar-refractivity contribution >= 4 is 17.4 Å². The molecule has 0 bridgehead atoms. The summed E-state index contributed by atoms with van der Waals surface area (Å²) in [6.45, 7) is 0. The van der Waals surface area contributed by atoms with Crippen LogP contribution in [0.2, 0.25) is 0 Å². The molecule has 7 nitrogen and oxygen atoms in total. The number of carbonyl (C=O) groups is 1. The normalized spacial score (nSPS) is 10.5. The van der Waals surface area contributed by atoms with Gasteiger partial charge in [0.05, 0.1) is 21.9 Å². The molecule has 2 aromatic heterocycles. The van der Waals surface area contributed by atoms with E-state index < -0.39 is 16.6 Å². The standard InChI is InChI=1S/C23H15FN4O3/c24-18-9-6-16(7-10-18)20-12-13-21(28(30)31)22(26-20)27-23(29)17-8-11-19(25-14-17)15-4-2-1-3-5-15/h1-14H,(H,26,27,29). The summed E-state index contributed by atoms with van der Waals surface area (Å²) in [4.78, 5) is 31.9. The average molecular weight is 414 g/mol. The summed E-state index contributed by atoms with van der Waals surface area (Å²) in [7, 11) is 0. The minimum absolute atomic E-state index is 0.205. The van der Waals surface area contributed by atoms with E-state index in [4.69, 9.17) is 0 Å². The molecule has 4 rings (SSSR count). The molecule has 0 aliphatic carbocycles. The lowest BCUT2D eigenvalue weighted by Gasteiger charge is -2.08.